The van der Waals surface area contributed by atoms with Crippen molar-refractivity contribution < 1.29 is 23.1 Å². The number of aromatic nitrogens is 2. The molecule has 0 amide bonds. The molecule has 0 saturated carbocycles. The zero-order chi connectivity index (χ0) is 14.2. The molecule has 0 bridgehead atoms. The molecule has 2 rings (SSSR count). The molecular weight excluding hydrogens is 261 g/mol. The molecule has 2 aromatic rings. The first-order valence-corrected chi connectivity index (χ1v) is 5.26. The van der Waals surface area contributed by atoms with Gasteiger partial charge in [0.1, 0.15) is 0 Å². The summed E-state index contributed by atoms with van der Waals surface area (Å²) in [6.07, 6.45) is -4.53. The van der Waals surface area contributed by atoms with Gasteiger partial charge in [0.25, 0.3) is 0 Å². The van der Waals surface area contributed by atoms with E-state index in [2.05, 4.69) is 5.10 Å². The predicted molar refractivity (Wildman–Crippen MR) is 60.3 cm³/mol. The quantitative estimate of drug-likeness (QED) is 0.912. The average molecular weight is 270 g/mol. The van der Waals surface area contributed by atoms with Crippen molar-refractivity contribution in [1.82, 2.24) is 9.78 Å². The van der Waals surface area contributed by atoms with Crippen LogP contribution in [0.25, 0.3) is 5.69 Å². The van der Waals surface area contributed by atoms with E-state index in [1.807, 2.05) is 0 Å². The van der Waals surface area contributed by atoms with Gasteiger partial charge in [-0.25, -0.2) is 9.48 Å². The zero-order valence-electron chi connectivity index (χ0n) is 9.77. The number of halogens is 3. The summed E-state index contributed by atoms with van der Waals surface area (Å²) in [5, 5.41) is 12.3. The number of hydrogen-bond acceptors (Lipinski definition) is 2. The highest BCUT2D eigenvalue weighted by Crippen LogP contribution is 2.29. The third-order valence-corrected chi connectivity index (χ3v) is 2.52. The van der Waals surface area contributed by atoms with Crippen LogP contribution >= 0.6 is 0 Å². The van der Waals surface area contributed by atoms with Crippen molar-refractivity contribution in [2.45, 2.75) is 13.1 Å². The van der Waals surface area contributed by atoms with Gasteiger partial charge >= 0.3 is 12.1 Å². The van der Waals surface area contributed by atoms with Gasteiger partial charge in [-0.05, 0) is 31.2 Å². The Morgan fingerprint density at radius 2 is 2.00 bits per heavy atom. The number of aromatic carboxylic acids is 1. The van der Waals surface area contributed by atoms with Crippen molar-refractivity contribution >= 4 is 5.97 Å². The molecule has 0 unspecified atom stereocenters. The fourth-order valence-corrected chi connectivity index (χ4v) is 1.65. The highest BCUT2D eigenvalue weighted by atomic mass is 19.4. The van der Waals surface area contributed by atoms with E-state index in [4.69, 9.17) is 5.11 Å². The molecule has 1 aromatic carbocycles. The van der Waals surface area contributed by atoms with E-state index >= 15 is 0 Å². The SMILES string of the molecule is Cc1cc(C(F)(F)F)nn1-c1cccc(C(=O)O)c1. The molecule has 0 radical (unpaired) electrons. The number of hydrogen-bond donors (Lipinski definition) is 1. The lowest BCUT2D eigenvalue weighted by Gasteiger charge is -2.05. The Morgan fingerprint density at radius 3 is 2.53 bits per heavy atom. The molecule has 4 nitrogen and oxygen atoms in total. The summed E-state index contributed by atoms with van der Waals surface area (Å²) in [7, 11) is 0. The van der Waals surface area contributed by atoms with Crippen molar-refractivity contribution in [3.8, 4) is 5.69 Å². The molecule has 0 fully saturated rings. The second-order valence-corrected chi connectivity index (χ2v) is 3.94. The van der Waals surface area contributed by atoms with Gasteiger partial charge in [0.2, 0.25) is 0 Å². The molecule has 1 N–H and O–H groups in total. The maximum Gasteiger partial charge on any atom is 0.435 e. The van der Waals surface area contributed by atoms with Crippen molar-refractivity contribution in [2.24, 2.45) is 0 Å². The number of carbonyl (C=O) groups is 1. The molecule has 0 aliphatic rings. The number of carboxylic acid groups (broad SMARTS) is 1. The molecule has 0 aliphatic heterocycles. The van der Waals surface area contributed by atoms with Crippen LogP contribution in [0.15, 0.2) is 30.3 Å². The van der Waals surface area contributed by atoms with Crippen LogP contribution in [-0.2, 0) is 6.18 Å². The van der Waals surface area contributed by atoms with Crippen LogP contribution in [0.1, 0.15) is 21.7 Å². The number of benzene rings is 1. The lowest BCUT2D eigenvalue weighted by molar-refractivity contribution is -0.141. The van der Waals surface area contributed by atoms with Gasteiger partial charge < -0.3 is 5.11 Å². The van der Waals surface area contributed by atoms with Crippen LogP contribution in [0.4, 0.5) is 13.2 Å². The minimum atomic E-state index is -4.53. The standard InChI is InChI=1S/C12H9F3N2O2/c1-7-5-10(12(13,14)15)16-17(7)9-4-2-3-8(6-9)11(18)19/h2-6H,1H3,(H,18,19). The van der Waals surface area contributed by atoms with Crippen LogP contribution in [0.3, 0.4) is 0 Å². The van der Waals surface area contributed by atoms with Gasteiger partial charge in [0, 0.05) is 5.69 Å². The van der Waals surface area contributed by atoms with Crippen LogP contribution in [-0.4, -0.2) is 20.9 Å². The van der Waals surface area contributed by atoms with Gasteiger partial charge in [0.15, 0.2) is 5.69 Å². The highest BCUT2D eigenvalue weighted by molar-refractivity contribution is 5.88. The van der Waals surface area contributed by atoms with E-state index in [0.29, 0.717) is 0 Å². The third-order valence-electron chi connectivity index (χ3n) is 2.52. The van der Waals surface area contributed by atoms with E-state index in [-0.39, 0.29) is 16.9 Å². The maximum atomic E-state index is 12.5. The molecule has 0 spiro atoms. The maximum absolute atomic E-state index is 12.5. The molecule has 0 atom stereocenters. The van der Waals surface area contributed by atoms with Gasteiger partial charge in [0.05, 0.1) is 11.3 Å². The van der Waals surface area contributed by atoms with E-state index < -0.39 is 17.8 Å². The zero-order valence-corrected chi connectivity index (χ0v) is 9.77. The van der Waals surface area contributed by atoms with E-state index in [1.54, 1.807) is 0 Å². The number of aryl methyl sites for hydroxylation is 1. The Bertz CT molecular complexity index is 632. The van der Waals surface area contributed by atoms with Crippen LogP contribution in [0, 0.1) is 6.92 Å². The largest absolute Gasteiger partial charge is 0.478 e. The summed E-state index contributed by atoms with van der Waals surface area (Å²) in [6, 6.07) is 6.48. The number of carboxylic acids is 1. The van der Waals surface area contributed by atoms with Gasteiger partial charge in [-0.15, -0.1) is 0 Å². The lowest BCUT2D eigenvalue weighted by atomic mass is 10.2. The first-order valence-electron chi connectivity index (χ1n) is 5.26. The van der Waals surface area contributed by atoms with Crippen molar-refractivity contribution in [3.05, 3.63) is 47.3 Å². The third kappa shape index (κ3) is 2.59. The Hall–Kier alpha value is -2.31. The van der Waals surface area contributed by atoms with E-state index in [0.717, 1.165) is 10.7 Å². The number of nitrogens with zero attached hydrogens (tertiary/aromatic N) is 2. The summed E-state index contributed by atoms with van der Waals surface area (Å²) in [5.41, 5.74) is -0.477. The van der Waals surface area contributed by atoms with Crippen LogP contribution in [0.5, 0.6) is 0 Å². The smallest absolute Gasteiger partial charge is 0.435 e. The van der Waals surface area contributed by atoms with E-state index in [9.17, 15) is 18.0 Å². The first-order chi connectivity index (χ1) is 8.79. The number of alkyl halides is 3. The molecule has 1 heterocycles. The molecule has 7 heteroatoms. The van der Waals surface area contributed by atoms with Gasteiger partial charge in [-0.3, -0.25) is 0 Å². The molecule has 1 aromatic heterocycles. The number of rotatable bonds is 2. The van der Waals surface area contributed by atoms with Gasteiger partial charge in [-0.2, -0.15) is 18.3 Å². The topological polar surface area (TPSA) is 55.1 Å². The minimum absolute atomic E-state index is 0.0130. The van der Waals surface area contributed by atoms with E-state index in [1.165, 1.54) is 31.2 Å². The Kier molecular flexibility index (Phi) is 3.05. The van der Waals surface area contributed by atoms with Crippen molar-refractivity contribution in [1.29, 1.82) is 0 Å². The molecule has 0 aliphatic carbocycles. The second-order valence-electron chi connectivity index (χ2n) is 3.94. The molecule has 100 valence electrons. The molecule has 0 saturated heterocycles. The fourth-order valence-electron chi connectivity index (χ4n) is 1.65. The first kappa shape index (κ1) is 13.1. The average Bonchev–Trinajstić information content (AvgIpc) is 2.71. The Labute approximate surface area is 106 Å². The summed E-state index contributed by atoms with van der Waals surface area (Å²) in [6.45, 7) is 1.47. The van der Waals surface area contributed by atoms with Gasteiger partial charge in [-0.1, -0.05) is 6.07 Å². The summed E-state index contributed by atoms with van der Waals surface area (Å²) < 4.78 is 38.7. The Morgan fingerprint density at radius 1 is 1.32 bits per heavy atom. The summed E-state index contributed by atoms with van der Waals surface area (Å²) >= 11 is 0. The molecular formula is C12H9F3N2O2. The predicted octanol–water partition coefficient (Wildman–Crippen LogP) is 2.90. The highest BCUT2D eigenvalue weighted by Gasteiger charge is 2.34. The van der Waals surface area contributed by atoms with Crippen molar-refractivity contribution in [3.63, 3.8) is 0 Å². The lowest BCUT2D eigenvalue weighted by Crippen LogP contribution is -2.08. The van der Waals surface area contributed by atoms with Crippen LogP contribution in [0.2, 0.25) is 0 Å². The summed E-state index contributed by atoms with van der Waals surface area (Å²) in [5.74, 6) is -1.15. The monoisotopic (exact) mass is 270 g/mol. The fraction of sp³-hybridized carbons (Fsp3) is 0.167. The Balaban J connectivity index is 2.50. The minimum Gasteiger partial charge on any atom is -0.478 e. The molecule has 19 heavy (non-hydrogen) atoms. The summed E-state index contributed by atoms with van der Waals surface area (Å²) in [4.78, 5) is 10.8. The van der Waals surface area contributed by atoms with Crippen molar-refractivity contribution in [2.75, 3.05) is 0 Å². The van der Waals surface area contributed by atoms with Crippen LogP contribution < -0.4 is 0 Å². The normalized spacial score (nSPS) is 11.6. The second kappa shape index (κ2) is 4.42.